The summed E-state index contributed by atoms with van der Waals surface area (Å²) in [6, 6.07) is 10.7. The first-order valence-corrected chi connectivity index (χ1v) is 8.95. The number of hydrogen-bond acceptors (Lipinski definition) is 2. The lowest BCUT2D eigenvalue weighted by Crippen LogP contribution is -2.43. The predicted octanol–water partition coefficient (Wildman–Crippen LogP) is 3.79. The van der Waals surface area contributed by atoms with E-state index in [9.17, 15) is 18.4 Å². The van der Waals surface area contributed by atoms with Gasteiger partial charge in [-0.05, 0) is 44.0 Å². The average Bonchev–Trinajstić information content (AvgIpc) is 2.67. The molecule has 3 rings (SSSR count). The molecule has 142 valence electrons. The maximum Gasteiger partial charge on any atom is 0.256 e. The van der Waals surface area contributed by atoms with Gasteiger partial charge in [-0.25, -0.2) is 8.78 Å². The molecule has 2 amide bonds. The standard InChI is InChI=1S/C21H22F2N2O2/c1-14-3-6-17(7-4-14)24(2)20(26)15-9-11-25(12-10-15)21(27)18-8-5-16(22)13-19(18)23/h3-8,13,15H,9-12H2,1-2H3. The summed E-state index contributed by atoms with van der Waals surface area (Å²) in [5, 5.41) is 0. The molecule has 6 heteroatoms. The topological polar surface area (TPSA) is 40.6 Å². The number of aryl methyl sites for hydroxylation is 1. The number of hydrogen-bond donors (Lipinski definition) is 0. The molecule has 2 aromatic rings. The van der Waals surface area contributed by atoms with Crippen molar-refractivity contribution in [1.82, 2.24) is 4.90 Å². The maximum absolute atomic E-state index is 13.8. The summed E-state index contributed by atoms with van der Waals surface area (Å²) in [5.74, 6) is -2.22. The molecule has 4 nitrogen and oxygen atoms in total. The molecule has 0 N–H and O–H groups in total. The van der Waals surface area contributed by atoms with E-state index in [0.29, 0.717) is 32.0 Å². The number of nitrogens with zero attached hydrogens (tertiary/aromatic N) is 2. The highest BCUT2D eigenvalue weighted by Gasteiger charge is 2.30. The van der Waals surface area contributed by atoms with Gasteiger partial charge in [-0.3, -0.25) is 9.59 Å². The number of carbonyl (C=O) groups excluding carboxylic acids is 2. The van der Waals surface area contributed by atoms with Crippen LogP contribution in [0.4, 0.5) is 14.5 Å². The van der Waals surface area contributed by atoms with Crippen LogP contribution in [0.3, 0.4) is 0 Å². The van der Waals surface area contributed by atoms with Gasteiger partial charge in [0.15, 0.2) is 0 Å². The first-order valence-electron chi connectivity index (χ1n) is 8.95. The Bertz CT molecular complexity index is 844. The van der Waals surface area contributed by atoms with Crippen LogP contribution in [-0.2, 0) is 4.79 Å². The number of halogens is 2. The molecule has 27 heavy (non-hydrogen) atoms. The summed E-state index contributed by atoms with van der Waals surface area (Å²) >= 11 is 0. The number of carbonyl (C=O) groups is 2. The molecular formula is C21H22F2N2O2. The second-order valence-electron chi connectivity index (χ2n) is 6.92. The predicted molar refractivity (Wildman–Crippen MR) is 99.6 cm³/mol. The van der Waals surface area contributed by atoms with Crippen molar-refractivity contribution in [2.75, 3.05) is 25.0 Å². The number of amides is 2. The Morgan fingerprint density at radius 2 is 1.67 bits per heavy atom. The van der Waals surface area contributed by atoms with Crippen LogP contribution in [0.2, 0.25) is 0 Å². The molecule has 0 spiro atoms. The molecule has 1 aliphatic heterocycles. The molecule has 0 saturated carbocycles. The first-order chi connectivity index (χ1) is 12.9. The third-order valence-electron chi connectivity index (χ3n) is 5.04. The summed E-state index contributed by atoms with van der Waals surface area (Å²) in [6.45, 7) is 2.73. The molecule has 0 radical (unpaired) electrons. The lowest BCUT2D eigenvalue weighted by atomic mass is 9.94. The third-order valence-corrected chi connectivity index (χ3v) is 5.04. The third kappa shape index (κ3) is 4.15. The number of benzene rings is 2. The smallest absolute Gasteiger partial charge is 0.256 e. The van der Waals surface area contributed by atoms with E-state index < -0.39 is 17.5 Å². The zero-order valence-corrected chi connectivity index (χ0v) is 15.4. The minimum Gasteiger partial charge on any atom is -0.339 e. The fourth-order valence-corrected chi connectivity index (χ4v) is 3.33. The average molecular weight is 372 g/mol. The van der Waals surface area contributed by atoms with E-state index in [4.69, 9.17) is 0 Å². The largest absolute Gasteiger partial charge is 0.339 e. The van der Waals surface area contributed by atoms with E-state index in [1.54, 1.807) is 11.9 Å². The van der Waals surface area contributed by atoms with Gasteiger partial charge in [0.05, 0.1) is 5.56 Å². The van der Waals surface area contributed by atoms with E-state index in [0.717, 1.165) is 23.4 Å². The lowest BCUT2D eigenvalue weighted by molar-refractivity contribution is -0.123. The Morgan fingerprint density at radius 3 is 2.26 bits per heavy atom. The highest BCUT2D eigenvalue weighted by molar-refractivity contribution is 5.96. The van der Waals surface area contributed by atoms with Crippen molar-refractivity contribution in [3.05, 3.63) is 65.2 Å². The zero-order valence-electron chi connectivity index (χ0n) is 15.4. The van der Waals surface area contributed by atoms with Crippen molar-refractivity contribution in [1.29, 1.82) is 0 Å². The van der Waals surface area contributed by atoms with Crippen molar-refractivity contribution in [2.45, 2.75) is 19.8 Å². The summed E-state index contributed by atoms with van der Waals surface area (Å²) < 4.78 is 26.9. The van der Waals surface area contributed by atoms with Gasteiger partial charge in [-0.2, -0.15) is 0 Å². The van der Waals surface area contributed by atoms with E-state index >= 15 is 0 Å². The van der Waals surface area contributed by atoms with E-state index in [2.05, 4.69) is 0 Å². The van der Waals surface area contributed by atoms with Crippen LogP contribution in [-0.4, -0.2) is 36.9 Å². The van der Waals surface area contributed by atoms with Gasteiger partial charge in [0, 0.05) is 37.8 Å². The zero-order chi connectivity index (χ0) is 19.6. The summed E-state index contributed by atoms with van der Waals surface area (Å²) in [7, 11) is 1.75. The quantitative estimate of drug-likeness (QED) is 0.823. The van der Waals surface area contributed by atoms with Gasteiger partial charge < -0.3 is 9.80 Å². The Morgan fingerprint density at radius 1 is 1.04 bits per heavy atom. The van der Waals surface area contributed by atoms with Crippen LogP contribution in [0.25, 0.3) is 0 Å². The Labute approximate surface area is 157 Å². The first kappa shape index (κ1) is 19.0. The molecular weight excluding hydrogens is 350 g/mol. The highest BCUT2D eigenvalue weighted by atomic mass is 19.1. The SMILES string of the molecule is Cc1ccc(N(C)C(=O)C2CCN(C(=O)c3ccc(F)cc3F)CC2)cc1. The second-order valence-corrected chi connectivity index (χ2v) is 6.92. The molecule has 0 bridgehead atoms. The minimum atomic E-state index is -0.864. The van der Waals surface area contributed by atoms with Crippen LogP contribution in [0.15, 0.2) is 42.5 Å². The minimum absolute atomic E-state index is 0.0129. The molecule has 2 aromatic carbocycles. The fraction of sp³-hybridized carbons (Fsp3) is 0.333. The highest BCUT2D eigenvalue weighted by Crippen LogP contribution is 2.24. The van der Waals surface area contributed by atoms with E-state index in [1.807, 2.05) is 31.2 Å². The molecule has 0 atom stereocenters. The molecule has 1 fully saturated rings. The number of piperidine rings is 1. The van der Waals surface area contributed by atoms with Crippen LogP contribution in [0.5, 0.6) is 0 Å². The Balaban J connectivity index is 1.61. The second kappa shape index (κ2) is 7.86. The van der Waals surface area contributed by atoms with Gasteiger partial charge in [-0.15, -0.1) is 0 Å². The molecule has 0 aliphatic carbocycles. The molecule has 0 unspecified atom stereocenters. The van der Waals surface area contributed by atoms with Gasteiger partial charge in [0.25, 0.3) is 5.91 Å². The monoisotopic (exact) mass is 372 g/mol. The van der Waals surface area contributed by atoms with Crippen molar-refractivity contribution in [3.8, 4) is 0 Å². The molecule has 1 saturated heterocycles. The van der Waals surface area contributed by atoms with Crippen molar-refractivity contribution < 1.29 is 18.4 Å². The normalized spacial score (nSPS) is 14.9. The van der Waals surface area contributed by atoms with Crippen molar-refractivity contribution in [2.24, 2.45) is 5.92 Å². The summed E-state index contributed by atoms with van der Waals surface area (Å²) in [6.07, 6.45) is 1.03. The molecule has 1 heterocycles. The van der Waals surface area contributed by atoms with E-state index in [-0.39, 0.29) is 17.4 Å². The van der Waals surface area contributed by atoms with Gasteiger partial charge in [0.1, 0.15) is 11.6 Å². The van der Waals surface area contributed by atoms with Crippen molar-refractivity contribution in [3.63, 3.8) is 0 Å². The molecule has 1 aliphatic rings. The maximum atomic E-state index is 13.8. The summed E-state index contributed by atoms with van der Waals surface area (Å²) in [4.78, 5) is 28.4. The van der Waals surface area contributed by atoms with Crippen LogP contribution < -0.4 is 4.90 Å². The Hall–Kier alpha value is -2.76. The van der Waals surface area contributed by atoms with Gasteiger partial charge in [-0.1, -0.05) is 17.7 Å². The summed E-state index contributed by atoms with van der Waals surface area (Å²) in [5.41, 5.74) is 1.81. The molecule has 0 aromatic heterocycles. The van der Waals surface area contributed by atoms with Gasteiger partial charge >= 0.3 is 0 Å². The fourth-order valence-electron chi connectivity index (χ4n) is 3.33. The number of rotatable bonds is 3. The Kier molecular flexibility index (Phi) is 5.54. The van der Waals surface area contributed by atoms with Crippen molar-refractivity contribution >= 4 is 17.5 Å². The van der Waals surface area contributed by atoms with Crippen LogP contribution in [0.1, 0.15) is 28.8 Å². The van der Waals surface area contributed by atoms with Gasteiger partial charge in [0.2, 0.25) is 5.91 Å². The lowest BCUT2D eigenvalue weighted by Gasteiger charge is -2.33. The van der Waals surface area contributed by atoms with Crippen LogP contribution in [0, 0.1) is 24.5 Å². The number of likely N-dealkylation sites (tertiary alicyclic amines) is 1. The van der Waals surface area contributed by atoms with Crippen LogP contribution >= 0.6 is 0 Å². The number of anilines is 1. The van der Waals surface area contributed by atoms with E-state index in [1.165, 1.54) is 4.90 Å².